The molecule has 0 saturated carbocycles. The number of carbonyl (C=O) groups excluding carboxylic acids is 1. The van der Waals surface area contributed by atoms with Gasteiger partial charge in [-0.15, -0.1) is 0 Å². The van der Waals surface area contributed by atoms with Crippen molar-refractivity contribution in [2.75, 3.05) is 0 Å². The number of benzene rings is 1. The molecule has 3 nitrogen and oxygen atoms in total. The van der Waals surface area contributed by atoms with Gasteiger partial charge in [0.1, 0.15) is 5.82 Å². The number of hydrogen-bond donors (Lipinski definition) is 2. The van der Waals surface area contributed by atoms with Crippen LogP contribution in [0.2, 0.25) is 0 Å². The van der Waals surface area contributed by atoms with Crippen LogP contribution in [-0.4, -0.2) is 11.9 Å². The van der Waals surface area contributed by atoms with E-state index in [1.54, 1.807) is 26.0 Å². The van der Waals surface area contributed by atoms with E-state index in [0.29, 0.717) is 17.7 Å². The lowest BCUT2D eigenvalue weighted by Gasteiger charge is -2.25. The normalized spacial score (nSPS) is 13.2. The summed E-state index contributed by atoms with van der Waals surface area (Å²) >= 11 is 0. The van der Waals surface area contributed by atoms with Gasteiger partial charge < -0.3 is 11.1 Å². The van der Waals surface area contributed by atoms with E-state index in [0.717, 1.165) is 5.56 Å². The van der Waals surface area contributed by atoms with Gasteiger partial charge in [0.15, 0.2) is 0 Å². The molecule has 0 aliphatic carbocycles. The minimum atomic E-state index is -0.560. The molecule has 1 atom stereocenters. The number of nitrogens with one attached hydrogen (secondary N) is 1. The van der Waals surface area contributed by atoms with E-state index in [4.69, 9.17) is 5.73 Å². The van der Waals surface area contributed by atoms with E-state index in [-0.39, 0.29) is 17.1 Å². The molecule has 0 fully saturated rings. The lowest BCUT2D eigenvalue weighted by molar-refractivity contribution is -0.124. The van der Waals surface area contributed by atoms with Crippen LogP contribution in [0.25, 0.3) is 0 Å². The van der Waals surface area contributed by atoms with Crippen LogP contribution >= 0.6 is 0 Å². The molecule has 0 heterocycles. The van der Waals surface area contributed by atoms with Gasteiger partial charge in [0, 0.05) is 6.54 Å². The Kier molecular flexibility index (Phi) is 4.69. The highest BCUT2D eigenvalue weighted by Crippen LogP contribution is 2.18. The predicted molar refractivity (Wildman–Crippen MR) is 75.2 cm³/mol. The Morgan fingerprint density at radius 2 is 1.79 bits per heavy atom. The van der Waals surface area contributed by atoms with Gasteiger partial charge in [-0.25, -0.2) is 4.39 Å². The van der Waals surface area contributed by atoms with Crippen molar-refractivity contribution in [2.24, 2.45) is 11.1 Å². The molecule has 3 N–H and O–H groups in total. The van der Waals surface area contributed by atoms with Crippen LogP contribution < -0.4 is 11.1 Å². The van der Waals surface area contributed by atoms with Gasteiger partial charge in [0.2, 0.25) is 5.91 Å². The average Bonchev–Trinajstić information content (AvgIpc) is 2.30. The van der Waals surface area contributed by atoms with E-state index in [9.17, 15) is 9.18 Å². The molecule has 0 spiro atoms. The predicted octanol–water partition coefficient (Wildman–Crippen LogP) is 2.43. The fraction of sp³-hybridized carbons (Fsp3) is 0.533. The Labute approximate surface area is 114 Å². The van der Waals surface area contributed by atoms with Crippen LogP contribution in [0.3, 0.4) is 0 Å². The fourth-order valence-corrected chi connectivity index (χ4v) is 1.83. The minimum Gasteiger partial charge on any atom is -0.351 e. The van der Waals surface area contributed by atoms with Crippen molar-refractivity contribution in [2.45, 2.75) is 47.2 Å². The molecule has 0 saturated heterocycles. The molecule has 0 unspecified atom stereocenters. The summed E-state index contributed by atoms with van der Waals surface area (Å²) in [5, 5.41) is 2.79. The summed E-state index contributed by atoms with van der Waals surface area (Å²) in [4.78, 5) is 11.9. The highest BCUT2D eigenvalue weighted by atomic mass is 19.1. The van der Waals surface area contributed by atoms with E-state index >= 15 is 0 Å². The number of nitrogens with two attached hydrogens (primary N) is 1. The molecule has 1 rings (SSSR count). The van der Waals surface area contributed by atoms with Gasteiger partial charge in [0.25, 0.3) is 0 Å². The third-order valence-electron chi connectivity index (χ3n) is 3.18. The quantitative estimate of drug-likeness (QED) is 0.883. The van der Waals surface area contributed by atoms with E-state index in [1.165, 1.54) is 0 Å². The van der Waals surface area contributed by atoms with Crippen molar-refractivity contribution in [1.82, 2.24) is 5.32 Å². The Bertz CT molecular complexity index is 455. The van der Waals surface area contributed by atoms with Crippen molar-refractivity contribution in [1.29, 1.82) is 0 Å². The molecule has 1 aromatic carbocycles. The van der Waals surface area contributed by atoms with Crippen molar-refractivity contribution in [3.8, 4) is 0 Å². The first-order valence-electron chi connectivity index (χ1n) is 6.42. The molecule has 0 aliphatic heterocycles. The van der Waals surface area contributed by atoms with Crippen molar-refractivity contribution in [3.05, 3.63) is 34.6 Å². The third kappa shape index (κ3) is 4.03. The van der Waals surface area contributed by atoms with Gasteiger partial charge in [0.05, 0.1) is 6.04 Å². The number of aryl methyl sites for hydroxylation is 2. The van der Waals surface area contributed by atoms with Crippen molar-refractivity contribution < 1.29 is 9.18 Å². The Morgan fingerprint density at radius 1 is 1.32 bits per heavy atom. The standard InChI is InChI=1S/C15H23FN2O/c1-9-6-11(7-10(2)12(9)16)8-18-14(19)13(17)15(3,4)5/h6-7,13H,8,17H2,1-5H3,(H,18,19)/t13-/m1/s1. The Balaban J connectivity index is 2.70. The molecule has 0 radical (unpaired) electrons. The SMILES string of the molecule is Cc1cc(CNC(=O)[C@@H](N)C(C)(C)C)cc(C)c1F. The molecule has 0 aromatic heterocycles. The zero-order valence-electron chi connectivity index (χ0n) is 12.3. The van der Waals surface area contributed by atoms with Crippen molar-refractivity contribution in [3.63, 3.8) is 0 Å². The van der Waals surface area contributed by atoms with Crippen molar-refractivity contribution >= 4 is 5.91 Å². The van der Waals surface area contributed by atoms with Crippen LogP contribution in [-0.2, 0) is 11.3 Å². The minimum absolute atomic E-state index is 0.188. The molecule has 0 aliphatic rings. The summed E-state index contributed by atoms with van der Waals surface area (Å²) in [5.41, 5.74) is 7.65. The van der Waals surface area contributed by atoms with Gasteiger partial charge in [-0.1, -0.05) is 32.9 Å². The Morgan fingerprint density at radius 3 is 2.21 bits per heavy atom. The summed E-state index contributed by atoms with van der Waals surface area (Å²) in [6.45, 7) is 9.56. The van der Waals surface area contributed by atoms with Crippen LogP contribution in [0.1, 0.15) is 37.5 Å². The largest absolute Gasteiger partial charge is 0.351 e. The first kappa shape index (κ1) is 15.6. The molecule has 1 aromatic rings. The van der Waals surface area contributed by atoms with Crippen LogP contribution in [0.15, 0.2) is 12.1 Å². The molecular formula is C15H23FN2O. The maximum Gasteiger partial charge on any atom is 0.237 e. The molecule has 1 amide bonds. The summed E-state index contributed by atoms with van der Waals surface area (Å²) in [6.07, 6.45) is 0. The molecular weight excluding hydrogens is 243 g/mol. The van der Waals surface area contributed by atoms with Gasteiger partial charge in [-0.05, 0) is 36.0 Å². The third-order valence-corrected chi connectivity index (χ3v) is 3.18. The summed E-state index contributed by atoms with van der Waals surface area (Å²) in [6, 6.07) is 2.92. The van der Waals surface area contributed by atoms with Gasteiger partial charge in [-0.2, -0.15) is 0 Å². The zero-order chi connectivity index (χ0) is 14.8. The zero-order valence-corrected chi connectivity index (χ0v) is 12.3. The van der Waals surface area contributed by atoms with E-state index in [2.05, 4.69) is 5.32 Å². The van der Waals surface area contributed by atoms with Gasteiger partial charge in [-0.3, -0.25) is 4.79 Å². The first-order chi connectivity index (χ1) is 8.62. The lowest BCUT2D eigenvalue weighted by Crippen LogP contribution is -2.48. The molecule has 19 heavy (non-hydrogen) atoms. The Hall–Kier alpha value is -1.42. The average molecular weight is 266 g/mol. The fourth-order valence-electron chi connectivity index (χ4n) is 1.83. The van der Waals surface area contributed by atoms with E-state index in [1.807, 2.05) is 20.8 Å². The first-order valence-corrected chi connectivity index (χ1v) is 6.42. The molecule has 4 heteroatoms. The second-order valence-corrected chi connectivity index (χ2v) is 6.11. The molecule has 0 bridgehead atoms. The number of halogens is 1. The second-order valence-electron chi connectivity index (χ2n) is 6.11. The van der Waals surface area contributed by atoms with Gasteiger partial charge >= 0.3 is 0 Å². The topological polar surface area (TPSA) is 55.1 Å². The number of carbonyl (C=O) groups is 1. The highest BCUT2D eigenvalue weighted by molar-refractivity contribution is 5.82. The van der Waals surface area contributed by atoms with Crippen LogP contribution in [0.5, 0.6) is 0 Å². The number of rotatable bonds is 3. The summed E-state index contributed by atoms with van der Waals surface area (Å²) in [5.74, 6) is -0.381. The number of hydrogen-bond acceptors (Lipinski definition) is 2. The monoisotopic (exact) mass is 266 g/mol. The maximum absolute atomic E-state index is 13.5. The summed E-state index contributed by atoms with van der Waals surface area (Å²) in [7, 11) is 0. The maximum atomic E-state index is 13.5. The smallest absolute Gasteiger partial charge is 0.237 e. The second kappa shape index (κ2) is 5.70. The molecule has 106 valence electrons. The summed E-state index contributed by atoms with van der Waals surface area (Å²) < 4.78 is 13.5. The van der Waals surface area contributed by atoms with Crippen LogP contribution in [0, 0.1) is 25.1 Å². The van der Waals surface area contributed by atoms with E-state index < -0.39 is 6.04 Å². The highest BCUT2D eigenvalue weighted by Gasteiger charge is 2.27. The number of amides is 1. The van der Waals surface area contributed by atoms with Crippen LogP contribution in [0.4, 0.5) is 4.39 Å². The lowest BCUT2D eigenvalue weighted by atomic mass is 9.87.